The van der Waals surface area contributed by atoms with Gasteiger partial charge >= 0.3 is 5.63 Å². The van der Waals surface area contributed by atoms with Crippen LogP contribution in [0.25, 0.3) is 21.9 Å². The number of aryl methyl sites for hydroxylation is 2. The standard InChI is InChI=1S/C17H19NO2/c1-3-5-6-12-11-14-13-7-10-17(19)20-16(13)9-8-15(14)18(12)4-2/h7-11H,3-6H2,1-2H3. The van der Waals surface area contributed by atoms with Crippen LogP contribution in [0.15, 0.2) is 39.5 Å². The monoisotopic (exact) mass is 269 g/mol. The maximum atomic E-state index is 11.3. The molecule has 0 fully saturated rings. The zero-order valence-corrected chi connectivity index (χ0v) is 12.0. The van der Waals surface area contributed by atoms with Gasteiger partial charge in [0.2, 0.25) is 0 Å². The minimum atomic E-state index is -0.294. The van der Waals surface area contributed by atoms with Crippen LogP contribution >= 0.6 is 0 Å². The van der Waals surface area contributed by atoms with Gasteiger partial charge in [-0.05, 0) is 44.0 Å². The molecule has 3 heteroatoms. The van der Waals surface area contributed by atoms with Crippen molar-refractivity contribution >= 4 is 21.9 Å². The second kappa shape index (κ2) is 5.16. The fourth-order valence-corrected chi connectivity index (χ4v) is 2.88. The number of hydrogen-bond acceptors (Lipinski definition) is 2. The topological polar surface area (TPSA) is 35.1 Å². The fourth-order valence-electron chi connectivity index (χ4n) is 2.88. The lowest BCUT2D eigenvalue weighted by Crippen LogP contribution is -2.00. The highest BCUT2D eigenvalue weighted by molar-refractivity contribution is 6.04. The summed E-state index contributed by atoms with van der Waals surface area (Å²) in [7, 11) is 0. The number of aromatic nitrogens is 1. The van der Waals surface area contributed by atoms with Gasteiger partial charge in [0, 0.05) is 34.6 Å². The molecule has 0 atom stereocenters. The number of unbranched alkanes of at least 4 members (excludes halogenated alkanes) is 1. The number of hydrogen-bond donors (Lipinski definition) is 0. The Morgan fingerprint density at radius 2 is 1.95 bits per heavy atom. The van der Waals surface area contributed by atoms with Crippen molar-refractivity contribution in [1.29, 1.82) is 0 Å². The van der Waals surface area contributed by atoms with E-state index in [1.54, 1.807) is 0 Å². The quantitative estimate of drug-likeness (QED) is 0.668. The molecule has 0 spiro atoms. The minimum Gasteiger partial charge on any atom is -0.423 e. The smallest absolute Gasteiger partial charge is 0.336 e. The van der Waals surface area contributed by atoms with Gasteiger partial charge in [0.15, 0.2) is 0 Å². The molecule has 3 rings (SSSR count). The third kappa shape index (κ3) is 2.03. The van der Waals surface area contributed by atoms with Crippen molar-refractivity contribution in [2.45, 2.75) is 39.7 Å². The molecule has 0 saturated heterocycles. The third-order valence-electron chi connectivity index (χ3n) is 3.87. The van der Waals surface area contributed by atoms with E-state index in [2.05, 4.69) is 30.5 Å². The van der Waals surface area contributed by atoms with Crippen molar-refractivity contribution in [3.8, 4) is 0 Å². The normalized spacial score (nSPS) is 11.5. The van der Waals surface area contributed by atoms with E-state index in [-0.39, 0.29) is 5.63 Å². The number of nitrogens with zero attached hydrogens (tertiary/aromatic N) is 1. The van der Waals surface area contributed by atoms with Crippen LogP contribution in [0.4, 0.5) is 0 Å². The molecule has 0 aliphatic carbocycles. The van der Waals surface area contributed by atoms with E-state index in [1.807, 2.05) is 12.1 Å². The van der Waals surface area contributed by atoms with Crippen molar-refractivity contribution in [3.05, 3.63) is 46.4 Å². The highest BCUT2D eigenvalue weighted by Gasteiger charge is 2.11. The van der Waals surface area contributed by atoms with Gasteiger partial charge in [-0.3, -0.25) is 0 Å². The lowest BCUT2D eigenvalue weighted by Gasteiger charge is -2.07. The largest absolute Gasteiger partial charge is 0.423 e. The van der Waals surface area contributed by atoms with Gasteiger partial charge in [-0.25, -0.2) is 4.79 Å². The van der Waals surface area contributed by atoms with Gasteiger partial charge in [0.25, 0.3) is 0 Å². The summed E-state index contributed by atoms with van der Waals surface area (Å²) in [5.74, 6) is 0. The van der Waals surface area contributed by atoms with E-state index < -0.39 is 0 Å². The molecule has 1 aromatic carbocycles. The van der Waals surface area contributed by atoms with Crippen molar-refractivity contribution in [3.63, 3.8) is 0 Å². The Balaban J connectivity index is 2.28. The molecule has 0 radical (unpaired) electrons. The van der Waals surface area contributed by atoms with Gasteiger partial charge in [-0.1, -0.05) is 13.3 Å². The molecule has 20 heavy (non-hydrogen) atoms. The van der Waals surface area contributed by atoms with Gasteiger partial charge in [-0.2, -0.15) is 0 Å². The van der Waals surface area contributed by atoms with E-state index in [4.69, 9.17) is 4.42 Å². The van der Waals surface area contributed by atoms with E-state index in [1.165, 1.54) is 35.5 Å². The van der Waals surface area contributed by atoms with E-state index in [9.17, 15) is 4.79 Å². The van der Waals surface area contributed by atoms with Crippen LogP contribution in [0, 0.1) is 0 Å². The number of rotatable bonds is 4. The Kier molecular flexibility index (Phi) is 3.35. The molecule has 3 aromatic rings. The van der Waals surface area contributed by atoms with E-state index in [0.29, 0.717) is 5.58 Å². The van der Waals surface area contributed by atoms with Gasteiger partial charge in [0.05, 0.1) is 0 Å². The number of fused-ring (bicyclic) bond motifs is 3. The average Bonchev–Trinajstić information content (AvgIpc) is 2.82. The zero-order valence-electron chi connectivity index (χ0n) is 12.0. The first-order chi connectivity index (χ1) is 9.74. The molecule has 104 valence electrons. The fraction of sp³-hybridized carbons (Fsp3) is 0.353. The summed E-state index contributed by atoms with van der Waals surface area (Å²) >= 11 is 0. The molecule has 0 aliphatic heterocycles. The van der Waals surface area contributed by atoms with Crippen molar-refractivity contribution in [2.75, 3.05) is 0 Å². The summed E-state index contributed by atoms with van der Waals surface area (Å²) in [6, 6.07) is 9.56. The molecule has 0 N–H and O–H groups in total. The van der Waals surface area contributed by atoms with Gasteiger partial charge in [0.1, 0.15) is 5.58 Å². The highest BCUT2D eigenvalue weighted by atomic mass is 16.4. The molecule has 0 saturated carbocycles. The average molecular weight is 269 g/mol. The Bertz CT molecular complexity index is 811. The Hall–Kier alpha value is -2.03. The third-order valence-corrected chi connectivity index (χ3v) is 3.87. The summed E-state index contributed by atoms with van der Waals surface area (Å²) in [6.07, 6.45) is 3.49. The minimum absolute atomic E-state index is 0.294. The summed E-state index contributed by atoms with van der Waals surface area (Å²) in [6.45, 7) is 5.35. The first-order valence-electron chi connectivity index (χ1n) is 7.29. The molecule has 0 unspecified atom stereocenters. The summed E-state index contributed by atoms with van der Waals surface area (Å²) < 4.78 is 7.63. The van der Waals surface area contributed by atoms with Gasteiger partial charge in [-0.15, -0.1) is 0 Å². The summed E-state index contributed by atoms with van der Waals surface area (Å²) in [5, 5.41) is 2.20. The maximum absolute atomic E-state index is 11.3. The van der Waals surface area contributed by atoms with Crippen LogP contribution in [0.3, 0.4) is 0 Å². The lowest BCUT2D eigenvalue weighted by molar-refractivity contribution is 0.561. The zero-order chi connectivity index (χ0) is 14.1. The molecule has 0 amide bonds. The Morgan fingerprint density at radius 1 is 1.10 bits per heavy atom. The first kappa shape index (κ1) is 13.0. The second-order valence-corrected chi connectivity index (χ2v) is 5.15. The molecular weight excluding hydrogens is 250 g/mol. The molecule has 3 nitrogen and oxygen atoms in total. The molecule has 0 aliphatic rings. The predicted octanol–water partition coefficient (Wildman–Crippen LogP) is 4.11. The Labute approximate surface area is 117 Å². The molecule has 0 bridgehead atoms. The van der Waals surface area contributed by atoms with Crippen molar-refractivity contribution < 1.29 is 4.42 Å². The van der Waals surface area contributed by atoms with Crippen LogP contribution in [0.2, 0.25) is 0 Å². The van der Waals surface area contributed by atoms with Crippen LogP contribution in [-0.2, 0) is 13.0 Å². The molecule has 2 aromatic heterocycles. The molecule has 2 heterocycles. The van der Waals surface area contributed by atoms with Gasteiger partial charge < -0.3 is 8.98 Å². The van der Waals surface area contributed by atoms with Crippen molar-refractivity contribution in [2.24, 2.45) is 0 Å². The SMILES string of the molecule is CCCCc1cc2c3ccc(=O)oc3ccc2n1CC. The maximum Gasteiger partial charge on any atom is 0.336 e. The first-order valence-corrected chi connectivity index (χ1v) is 7.29. The predicted molar refractivity (Wildman–Crippen MR) is 82.3 cm³/mol. The molecular formula is C17H19NO2. The number of benzene rings is 1. The van der Waals surface area contributed by atoms with Crippen molar-refractivity contribution in [1.82, 2.24) is 4.57 Å². The van der Waals surface area contributed by atoms with Crippen LogP contribution in [-0.4, -0.2) is 4.57 Å². The Morgan fingerprint density at radius 3 is 2.70 bits per heavy atom. The summed E-state index contributed by atoms with van der Waals surface area (Å²) in [5.41, 5.74) is 2.96. The van der Waals surface area contributed by atoms with Crippen LogP contribution in [0.1, 0.15) is 32.4 Å². The highest BCUT2D eigenvalue weighted by Crippen LogP contribution is 2.28. The van der Waals surface area contributed by atoms with Crippen LogP contribution < -0.4 is 5.63 Å². The lowest BCUT2D eigenvalue weighted by atomic mass is 10.1. The van der Waals surface area contributed by atoms with E-state index in [0.717, 1.165) is 18.4 Å². The summed E-state index contributed by atoms with van der Waals surface area (Å²) in [4.78, 5) is 11.3. The van der Waals surface area contributed by atoms with Crippen LogP contribution in [0.5, 0.6) is 0 Å². The van der Waals surface area contributed by atoms with E-state index >= 15 is 0 Å². The second-order valence-electron chi connectivity index (χ2n) is 5.15.